The zero-order chi connectivity index (χ0) is 17.9. The fourth-order valence-electron chi connectivity index (χ4n) is 3.27. The Balaban J connectivity index is 1.51. The van der Waals surface area contributed by atoms with Crippen LogP contribution in [0.2, 0.25) is 0 Å². The van der Waals surface area contributed by atoms with Crippen molar-refractivity contribution in [3.8, 4) is 0 Å². The van der Waals surface area contributed by atoms with Gasteiger partial charge in [-0.25, -0.2) is 9.78 Å². The van der Waals surface area contributed by atoms with Gasteiger partial charge in [-0.15, -0.1) is 0 Å². The van der Waals surface area contributed by atoms with Crippen LogP contribution in [0.1, 0.15) is 12.7 Å². The van der Waals surface area contributed by atoms with Crippen LogP contribution in [-0.2, 0) is 13.1 Å². The van der Waals surface area contributed by atoms with Gasteiger partial charge in [-0.2, -0.15) is 0 Å². The second kappa shape index (κ2) is 6.88. The molecule has 0 aliphatic carbocycles. The molecular formula is C21H20N4O. The van der Waals surface area contributed by atoms with E-state index in [1.807, 2.05) is 66.7 Å². The number of benzene rings is 3. The van der Waals surface area contributed by atoms with Crippen LogP contribution in [0.3, 0.4) is 0 Å². The molecule has 0 spiro atoms. The number of aryl methyl sites for hydroxylation is 1. The van der Waals surface area contributed by atoms with E-state index < -0.39 is 0 Å². The summed E-state index contributed by atoms with van der Waals surface area (Å²) in [5, 5.41) is 7.97. The Labute approximate surface area is 151 Å². The van der Waals surface area contributed by atoms with Gasteiger partial charge in [0.1, 0.15) is 5.82 Å². The molecule has 0 atom stereocenters. The molecule has 4 aromatic rings. The molecule has 1 aromatic heterocycles. The summed E-state index contributed by atoms with van der Waals surface area (Å²) in [5.74, 6) is 0.849. The SMILES string of the molecule is CCn1c(CNC(=O)Nc2cccc3ccccc23)nc2ccccc21. The van der Waals surface area contributed by atoms with Crippen LogP contribution in [-0.4, -0.2) is 15.6 Å². The number of rotatable bonds is 4. The lowest BCUT2D eigenvalue weighted by Gasteiger charge is -2.11. The molecule has 0 fully saturated rings. The Hall–Kier alpha value is -3.34. The number of carbonyl (C=O) groups is 1. The third kappa shape index (κ3) is 2.99. The molecule has 2 amide bonds. The standard InChI is InChI=1S/C21H20N4O/c1-2-25-19-13-6-5-11-18(19)23-20(25)14-22-21(26)24-17-12-7-9-15-8-3-4-10-16(15)17/h3-13H,2,14H2,1H3,(H2,22,24,26). The van der Waals surface area contributed by atoms with Crippen molar-refractivity contribution in [3.63, 3.8) is 0 Å². The first-order valence-electron chi connectivity index (χ1n) is 8.73. The summed E-state index contributed by atoms with van der Waals surface area (Å²) in [6.45, 7) is 3.26. The Morgan fingerprint density at radius 2 is 1.77 bits per heavy atom. The summed E-state index contributed by atoms with van der Waals surface area (Å²) < 4.78 is 2.12. The van der Waals surface area contributed by atoms with Gasteiger partial charge in [0.05, 0.1) is 23.3 Å². The number of fused-ring (bicyclic) bond motifs is 2. The van der Waals surface area contributed by atoms with E-state index in [0.717, 1.165) is 39.9 Å². The summed E-state index contributed by atoms with van der Waals surface area (Å²) in [5.41, 5.74) is 2.83. The zero-order valence-corrected chi connectivity index (χ0v) is 14.6. The van der Waals surface area contributed by atoms with Crippen molar-refractivity contribution in [2.45, 2.75) is 20.0 Å². The van der Waals surface area contributed by atoms with E-state index in [9.17, 15) is 4.79 Å². The quantitative estimate of drug-likeness (QED) is 0.571. The molecule has 3 aromatic carbocycles. The topological polar surface area (TPSA) is 59.0 Å². The maximum atomic E-state index is 12.4. The summed E-state index contributed by atoms with van der Waals surface area (Å²) in [6, 6.07) is 21.6. The fraction of sp³-hybridized carbons (Fsp3) is 0.143. The number of nitrogens with one attached hydrogen (secondary N) is 2. The highest BCUT2D eigenvalue weighted by atomic mass is 16.2. The average molecular weight is 344 g/mol. The average Bonchev–Trinajstić information content (AvgIpc) is 3.04. The molecule has 5 heteroatoms. The summed E-state index contributed by atoms with van der Waals surface area (Å²) in [6.07, 6.45) is 0. The summed E-state index contributed by atoms with van der Waals surface area (Å²) in [4.78, 5) is 17.0. The Kier molecular flexibility index (Phi) is 4.27. The maximum Gasteiger partial charge on any atom is 0.319 e. The first-order valence-corrected chi connectivity index (χ1v) is 8.73. The molecule has 0 aliphatic heterocycles. The number of carbonyl (C=O) groups excluding carboxylic acids is 1. The van der Waals surface area contributed by atoms with Crippen LogP contribution in [0.15, 0.2) is 66.7 Å². The van der Waals surface area contributed by atoms with Gasteiger partial charge in [0.25, 0.3) is 0 Å². The number of hydrogen-bond acceptors (Lipinski definition) is 2. The molecule has 0 bridgehead atoms. The molecule has 1 heterocycles. The zero-order valence-electron chi connectivity index (χ0n) is 14.6. The normalized spacial score (nSPS) is 11.0. The van der Waals surface area contributed by atoms with Gasteiger partial charge in [-0.3, -0.25) is 0 Å². The number of para-hydroxylation sites is 2. The van der Waals surface area contributed by atoms with E-state index in [0.29, 0.717) is 6.54 Å². The highest BCUT2D eigenvalue weighted by Gasteiger charge is 2.11. The van der Waals surface area contributed by atoms with E-state index in [4.69, 9.17) is 0 Å². The van der Waals surface area contributed by atoms with Crippen LogP contribution in [0.4, 0.5) is 10.5 Å². The highest BCUT2D eigenvalue weighted by Crippen LogP contribution is 2.22. The van der Waals surface area contributed by atoms with Gasteiger partial charge in [-0.1, -0.05) is 48.5 Å². The van der Waals surface area contributed by atoms with Gasteiger partial charge in [-0.05, 0) is 30.5 Å². The van der Waals surface area contributed by atoms with Gasteiger partial charge in [0.2, 0.25) is 0 Å². The number of anilines is 1. The minimum Gasteiger partial charge on any atom is -0.331 e. The lowest BCUT2D eigenvalue weighted by molar-refractivity contribution is 0.251. The van der Waals surface area contributed by atoms with E-state index in [1.165, 1.54) is 0 Å². The molecule has 0 radical (unpaired) electrons. The number of imidazole rings is 1. The van der Waals surface area contributed by atoms with E-state index in [1.54, 1.807) is 0 Å². The van der Waals surface area contributed by atoms with Crippen LogP contribution >= 0.6 is 0 Å². The fourth-order valence-corrected chi connectivity index (χ4v) is 3.27. The largest absolute Gasteiger partial charge is 0.331 e. The van der Waals surface area contributed by atoms with Gasteiger partial charge < -0.3 is 15.2 Å². The van der Waals surface area contributed by atoms with Crippen LogP contribution < -0.4 is 10.6 Å². The number of urea groups is 1. The number of aromatic nitrogens is 2. The molecule has 26 heavy (non-hydrogen) atoms. The third-order valence-electron chi connectivity index (χ3n) is 4.49. The minimum absolute atomic E-state index is 0.240. The van der Waals surface area contributed by atoms with Crippen molar-refractivity contribution in [1.82, 2.24) is 14.9 Å². The van der Waals surface area contributed by atoms with Crippen LogP contribution in [0, 0.1) is 0 Å². The van der Waals surface area contributed by atoms with E-state index in [-0.39, 0.29) is 6.03 Å². The number of amides is 2. The molecule has 2 N–H and O–H groups in total. The number of nitrogens with zero attached hydrogens (tertiary/aromatic N) is 2. The van der Waals surface area contributed by atoms with Crippen molar-refractivity contribution in [2.24, 2.45) is 0 Å². The second-order valence-corrected chi connectivity index (χ2v) is 6.10. The van der Waals surface area contributed by atoms with Gasteiger partial charge >= 0.3 is 6.03 Å². The summed E-state index contributed by atoms with van der Waals surface area (Å²) >= 11 is 0. The molecule has 0 aliphatic rings. The first-order chi connectivity index (χ1) is 12.8. The van der Waals surface area contributed by atoms with Crippen LogP contribution in [0.5, 0.6) is 0 Å². The van der Waals surface area contributed by atoms with Gasteiger partial charge in [0.15, 0.2) is 0 Å². The van der Waals surface area contributed by atoms with E-state index in [2.05, 4.69) is 27.1 Å². The molecule has 0 saturated carbocycles. The van der Waals surface area contributed by atoms with Crippen molar-refractivity contribution < 1.29 is 4.79 Å². The molecule has 0 unspecified atom stereocenters. The molecule has 5 nitrogen and oxygen atoms in total. The smallest absolute Gasteiger partial charge is 0.319 e. The predicted molar refractivity (Wildman–Crippen MR) is 105 cm³/mol. The van der Waals surface area contributed by atoms with E-state index >= 15 is 0 Å². The first kappa shape index (κ1) is 16.1. The maximum absolute atomic E-state index is 12.4. The van der Waals surface area contributed by atoms with Gasteiger partial charge in [0, 0.05) is 11.9 Å². The Morgan fingerprint density at radius 3 is 2.65 bits per heavy atom. The molecule has 0 saturated heterocycles. The number of hydrogen-bond donors (Lipinski definition) is 2. The van der Waals surface area contributed by atoms with Crippen molar-refractivity contribution in [2.75, 3.05) is 5.32 Å². The molecule has 4 rings (SSSR count). The van der Waals surface area contributed by atoms with Crippen molar-refractivity contribution in [1.29, 1.82) is 0 Å². The van der Waals surface area contributed by atoms with Crippen molar-refractivity contribution >= 4 is 33.5 Å². The second-order valence-electron chi connectivity index (χ2n) is 6.10. The lowest BCUT2D eigenvalue weighted by Crippen LogP contribution is -2.29. The van der Waals surface area contributed by atoms with Crippen LogP contribution in [0.25, 0.3) is 21.8 Å². The predicted octanol–water partition coefficient (Wildman–Crippen LogP) is 4.53. The minimum atomic E-state index is -0.240. The molecular weight excluding hydrogens is 324 g/mol. The third-order valence-corrected chi connectivity index (χ3v) is 4.49. The Bertz CT molecular complexity index is 1080. The highest BCUT2D eigenvalue weighted by molar-refractivity contribution is 6.01. The van der Waals surface area contributed by atoms with Crippen molar-refractivity contribution in [3.05, 3.63) is 72.6 Å². The lowest BCUT2D eigenvalue weighted by atomic mass is 10.1. The summed E-state index contributed by atoms with van der Waals surface area (Å²) in [7, 11) is 0. The monoisotopic (exact) mass is 344 g/mol. The Morgan fingerprint density at radius 1 is 1.00 bits per heavy atom. The molecule has 130 valence electrons.